The van der Waals surface area contributed by atoms with Gasteiger partial charge in [0.25, 0.3) is 0 Å². The van der Waals surface area contributed by atoms with Gasteiger partial charge in [0.1, 0.15) is 0 Å². The fourth-order valence-corrected chi connectivity index (χ4v) is 3.30. The molecule has 0 bridgehead atoms. The Morgan fingerprint density at radius 3 is 2.19 bits per heavy atom. The lowest BCUT2D eigenvalue weighted by atomic mass is 10.0. The summed E-state index contributed by atoms with van der Waals surface area (Å²) in [6, 6.07) is 14.1. The van der Waals surface area contributed by atoms with Crippen molar-refractivity contribution in [2.75, 3.05) is 0 Å². The van der Waals surface area contributed by atoms with Crippen molar-refractivity contribution in [2.24, 2.45) is 0 Å². The van der Waals surface area contributed by atoms with Gasteiger partial charge in [0.15, 0.2) is 0 Å². The monoisotopic (exact) mass is 325 g/mol. The van der Waals surface area contributed by atoms with Gasteiger partial charge in [-0.25, -0.2) is 13.1 Å². The van der Waals surface area contributed by atoms with Crippen molar-refractivity contribution in [2.45, 2.75) is 24.0 Å². The molecular formula is C15H16ClNO3S. The summed E-state index contributed by atoms with van der Waals surface area (Å²) in [6.45, 7) is 1.62. The van der Waals surface area contributed by atoms with E-state index in [1.165, 1.54) is 24.3 Å². The Bertz CT molecular complexity index is 687. The third-order valence-corrected chi connectivity index (χ3v) is 4.91. The second-order valence-electron chi connectivity index (χ2n) is 4.72. The summed E-state index contributed by atoms with van der Waals surface area (Å²) in [7, 11) is -3.70. The summed E-state index contributed by atoms with van der Waals surface area (Å²) in [6.07, 6.45) is -0.923. The fraction of sp³-hybridized carbons (Fsp3) is 0.200. The van der Waals surface area contributed by atoms with Crippen molar-refractivity contribution in [1.29, 1.82) is 0 Å². The van der Waals surface area contributed by atoms with Crippen LogP contribution in [0.4, 0.5) is 0 Å². The molecule has 0 saturated heterocycles. The SMILES string of the molecule is C[C@H](NS(=O)(=O)c1ccc(Cl)cc1)[C@H](O)c1ccccc1. The molecule has 0 aliphatic heterocycles. The molecule has 0 unspecified atom stereocenters. The molecule has 2 atom stereocenters. The quantitative estimate of drug-likeness (QED) is 0.888. The molecule has 0 spiro atoms. The number of aliphatic hydroxyl groups excluding tert-OH is 1. The van der Waals surface area contributed by atoms with Crippen LogP contribution in [0.3, 0.4) is 0 Å². The molecule has 0 heterocycles. The lowest BCUT2D eigenvalue weighted by molar-refractivity contribution is 0.146. The van der Waals surface area contributed by atoms with Gasteiger partial charge in [0.05, 0.1) is 11.0 Å². The highest BCUT2D eigenvalue weighted by Gasteiger charge is 2.23. The number of rotatable bonds is 5. The van der Waals surface area contributed by atoms with Crippen molar-refractivity contribution in [1.82, 2.24) is 4.72 Å². The number of sulfonamides is 1. The first-order valence-corrected chi connectivity index (χ1v) is 8.27. The summed E-state index contributed by atoms with van der Waals surface area (Å²) < 4.78 is 26.9. The van der Waals surface area contributed by atoms with Gasteiger partial charge in [-0.2, -0.15) is 0 Å². The van der Waals surface area contributed by atoms with Gasteiger partial charge in [-0.15, -0.1) is 0 Å². The molecule has 2 rings (SSSR count). The highest BCUT2D eigenvalue weighted by atomic mass is 35.5. The molecule has 112 valence electrons. The van der Waals surface area contributed by atoms with E-state index in [1.807, 2.05) is 6.07 Å². The molecule has 2 aromatic carbocycles. The van der Waals surface area contributed by atoms with Crippen LogP contribution in [0.2, 0.25) is 5.02 Å². The summed E-state index contributed by atoms with van der Waals surface area (Å²) in [4.78, 5) is 0.110. The Labute approximate surface area is 129 Å². The third-order valence-electron chi connectivity index (χ3n) is 3.08. The maximum Gasteiger partial charge on any atom is 0.240 e. The number of hydrogen-bond acceptors (Lipinski definition) is 3. The summed E-state index contributed by atoms with van der Waals surface area (Å²) >= 11 is 5.74. The Balaban J connectivity index is 2.14. The Hall–Kier alpha value is -1.40. The van der Waals surface area contributed by atoms with E-state index in [4.69, 9.17) is 11.6 Å². The standard InChI is InChI=1S/C15H16ClNO3S/c1-11(15(18)12-5-3-2-4-6-12)17-21(19,20)14-9-7-13(16)8-10-14/h2-11,15,17-18H,1H3/t11-,15-/m0/s1. The van der Waals surface area contributed by atoms with E-state index in [1.54, 1.807) is 31.2 Å². The third kappa shape index (κ3) is 4.04. The summed E-state index contributed by atoms with van der Waals surface area (Å²) in [5.41, 5.74) is 0.656. The predicted octanol–water partition coefficient (Wildman–Crippen LogP) is 2.74. The van der Waals surface area contributed by atoms with E-state index in [9.17, 15) is 13.5 Å². The maximum absolute atomic E-state index is 12.2. The zero-order valence-electron chi connectivity index (χ0n) is 11.4. The zero-order chi connectivity index (χ0) is 15.5. The maximum atomic E-state index is 12.2. The lowest BCUT2D eigenvalue weighted by Crippen LogP contribution is -2.37. The Morgan fingerprint density at radius 1 is 1.05 bits per heavy atom. The van der Waals surface area contributed by atoms with Gasteiger partial charge >= 0.3 is 0 Å². The first kappa shape index (κ1) is 16.0. The largest absolute Gasteiger partial charge is 0.387 e. The average molecular weight is 326 g/mol. The minimum atomic E-state index is -3.70. The zero-order valence-corrected chi connectivity index (χ0v) is 13.0. The summed E-state index contributed by atoms with van der Waals surface area (Å²) in [5, 5.41) is 10.7. The van der Waals surface area contributed by atoms with Crippen LogP contribution in [0.25, 0.3) is 0 Å². The molecule has 0 saturated carbocycles. The molecular weight excluding hydrogens is 310 g/mol. The Morgan fingerprint density at radius 2 is 1.62 bits per heavy atom. The van der Waals surface area contributed by atoms with Gasteiger partial charge in [-0.05, 0) is 36.8 Å². The van der Waals surface area contributed by atoms with E-state index in [-0.39, 0.29) is 4.90 Å². The molecule has 0 fully saturated rings. The second-order valence-corrected chi connectivity index (χ2v) is 6.87. The van der Waals surface area contributed by atoms with Gasteiger partial charge in [0.2, 0.25) is 10.0 Å². The average Bonchev–Trinajstić information content (AvgIpc) is 2.47. The molecule has 0 aromatic heterocycles. The van der Waals surface area contributed by atoms with Crippen LogP contribution in [0, 0.1) is 0 Å². The predicted molar refractivity (Wildman–Crippen MR) is 82.6 cm³/mol. The number of hydrogen-bond donors (Lipinski definition) is 2. The Kier molecular flexibility index (Phi) is 5.00. The van der Waals surface area contributed by atoms with Crippen LogP contribution >= 0.6 is 11.6 Å². The van der Waals surface area contributed by atoms with Crippen molar-refractivity contribution >= 4 is 21.6 Å². The van der Waals surface area contributed by atoms with Crippen LogP contribution in [0.5, 0.6) is 0 Å². The number of halogens is 1. The minimum Gasteiger partial charge on any atom is -0.387 e. The van der Waals surface area contributed by atoms with Crippen LogP contribution in [-0.2, 0) is 10.0 Å². The van der Waals surface area contributed by atoms with Gasteiger partial charge < -0.3 is 5.11 Å². The lowest BCUT2D eigenvalue weighted by Gasteiger charge is -2.20. The van der Waals surface area contributed by atoms with Gasteiger partial charge in [-0.1, -0.05) is 41.9 Å². The van der Waals surface area contributed by atoms with Crippen molar-refractivity contribution < 1.29 is 13.5 Å². The number of benzene rings is 2. The van der Waals surface area contributed by atoms with E-state index in [0.717, 1.165) is 0 Å². The van der Waals surface area contributed by atoms with Gasteiger partial charge in [0, 0.05) is 11.1 Å². The molecule has 0 aliphatic rings. The van der Waals surface area contributed by atoms with E-state index < -0.39 is 22.2 Å². The van der Waals surface area contributed by atoms with E-state index >= 15 is 0 Å². The molecule has 0 radical (unpaired) electrons. The van der Waals surface area contributed by atoms with E-state index in [0.29, 0.717) is 10.6 Å². The minimum absolute atomic E-state index is 0.110. The van der Waals surface area contributed by atoms with Crippen LogP contribution in [-0.4, -0.2) is 19.6 Å². The normalized spacial score (nSPS) is 14.6. The second kappa shape index (κ2) is 6.58. The van der Waals surface area contributed by atoms with Crippen LogP contribution in [0.1, 0.15) is 18.6 Å². The molecule has 0 amide bonds. The van der Waals surface area contributed by atoms with E-state index in [2.05, 4.69) is 4.72 Å². The van der Waals surface area contributed by atoms with Crippen LogP contribution in [0.15, 0.2) is 59.5 Å². The molecule has 21 heavy (non-hydrogen) atoms. The molecule has 0 aliphatic carbocycles. The molecule has 2 aromatic rings. The van der Waals surface area contributed by atoms with Crippen molar-refractivity contribution in [3.05, 3.63) is 65.2 Å². The highest BCUT2D eigenvalue weighted by molar-refractivity contribution is 7.89. The molecule has 4 nitrogen and oxygen atoms in total. The fourth-order valence-electron chi connectivity index (χ4n) is 1.93. The van der Waals surface area contributed by atoms with Crippen LogP contribution < -0.4 is 4.72 Å². The smallest absolute Gasteiger partial charge is 0.240 e. The number of aliphatic hydroxyl groups is 1. The highest BCUT2D eigenvalue weighted by Crippen LogP contribution is 2.19. The topological polar surface area (TPSA) is 66.4 Å². The van der Waals surface area contributed by atoms with Crippen molar-refractivity contribution in [3.8, 4) is 0 Å². The molecule has 2 N–H and O–H groups in total. The first-order chi connectivity index (χ1) is 9.90. The van der Waals surface area contributed by atoms with Crippen molar-refractivity contribution in [3.63, 3.8) is 0 Å². The number of nitrogens with one attached hydrogen (secondary N) is 1. The van der Waals surface area contributed by atoms with Gasteiger partial charge in [-0.3, -0.25) is 0 Å². The first-order valence-electron chi connectivity index (χ1n) is 6.41. The molecule has 6 heteroatoms. The summed E-state index contributed by atoms with van der Waals surface area (Å²) in [5.74, 6) is 0.